The second-order valence-corrected chi connectivity index (χ2v) is 6.63. The number of nitrogens with zero attached hydrogens (tertiary/aromatic N) is 2. The van der Waals surface area contributed by atoms with Gasteiger partial charge in [0.25, 0.3) is 0 Å². The first-order chi connectivity index (χ1) is 10.7. The van der Waals surface area contributed by atoms with Crippen molar-refractivity contribution in [1.82, 2.24) is 15.1 Å². The highest BCUT2D eigenvalue weighted by atomic mass is 16.2. The average molecular weight is 299 g/mol. The van der Waals surface area contributed by atoms with Crippen LogP contribution in [0.5, 0.6) is 0 Å². The van der Waals surface area contributed by atoms with E-state index in [0.29, 0.717) is 31.1 Å². The maximum absolute atomic E-state index is 12.2. The number of nitrogens with one attached hydrogen (secondary N) is 1. The molecular weight excluding hydrogens is 278 g/mol. The molecule has 1 aliphatic heterocycles. The summed E-state index contributed by atoms with van der Waals surface area (Å²) in [6.45, 7) is 1.39. The van der Waals surface area contributed by atoms with Crippen LogP contribution in [-0.4, -0.2) is 47.5 Å². The van der Waals surface area contributed by atoms with E-state index in [1.165, 1.54) is 5.56 Å². The van der Waals surface area contributed by atoms with E-state index in [0.717, 1.165) is 19.3 Å². The summed E-state index contributed by atoms with van der Waals surface area (Å²) in [5, 5.41) is 2.99. The Morgan fingerprint density at radius 1 is 1.23 bits per heavy atom. The molecule has 1 saturated heterocycles. The molecule has 0 spiro atoms. The van der Waals surface area contributed by atoms with Crippen LogP contribution in [0.2, 0.25) is 0 Å². The molecule has 2 saturated carbocycles. The summed E-state index contributed by atoms with van der Waals surface area (Å²) in [6, 6.07) is 10.7. The van der Waals surface area contributed by atoms with Gasteiger partial charge in [0.15, 0.2) is 0 Å². The maximum atomic E-state index is 12.2. The van der Waals surface area contributed by atoms with Gasteiger partial charge in [0.05, 0.1) is 6.67 Å². The smallest absolute Gasteiger partial charge is 0.319 e. The fourth-order valence-corrected chi connectivity index (χ4v) is 3.32. The lowest BCUT2D eigenvalue weighted by atomic mass is 10.1. The summed E-state index contributed by atoms with van der Waals surface area (Å²) in [5.41, 5.74) is 1.36. The lowest BCUT2D eigenvalue weighted by molar-refractivity contribution is -0.127. The average Bonchev–Trinajstić information content (AvgIpc) is 3.45. The Bertz CT molecular complexity index is 585. The van der Waals surface area contributed by atoms with Crippen molar-refractivity contribution in [2.75, 3.05) is 19.8 Å². The van der Waals surface area contributed by atoms with Gasteiger partial charge >= 0.3 is 6.03 Å². The van der Waals surface area contributed by atoms with Crippen molar-refractivity contribution >= 4 is 11.9 Å². The summed E-state index contributed by atoms with van der Waals surface area (Å²) in [4.78, 5) is 27.5. The normalized spacial score (nSPS) is 27.2. The molecule has 1 aromatic carbocycles. The highest BCUT2D eigenvalue weighted by Gasteiger charge is 2.41. The van der Waals surface area contributed by atoms with E-state index in [9.17, 15) is 9.59 Å². The molecule has 3 fully saturated rings. The van der Waals surface area contributed by atoms with E-state index in [1.807, 2.05) is 11.0 Å². The minimum absolute atomic E-state index is 0.0891. The number of hydrogen-bond donors (Lipinski definition) is 1. The van der Waals surface area contributed by atoms with E-state index in [1.54, 1.807) is 4.90 Å². The molecule has 4 rings (SSSR count). The van der Waals surface area contributed by atoms with Gasteiger partial charge in [-0.1, -0.05) is 30.3 Å². The Morgan fingerprint density at radius 2 is 2.00 bits per heavy atom. The molecule has 2 aliphatic carbocycles. The third-order valence-electron chi connectivity index (χ3n) is 4.91. The first kappa shape index (κ1) is 13.6. The highest BCUT2D eigenvalue weighted by molar-refractivity contribution is 5.87. The summed E-state index contributed by atoms with van der Waals surface area (Å²) in [7, 11) is 0. The zero-order valence-electron chi connectivity index (χ0n) is 12.6. The van der Waals surface area contributed by atoms with Gasteiger partial charge in [0, 0.05) is 12.6 Å². The van der Waals surface area contributed by atoms with Gasteiger partial charge in [-0.2, -0.15) is 0 Å². The number of urea groups is 1. The standard InChI is InChI=1S/C17H21N3O2/c21-16-10-19(11-20(16)14-6-7-14)17(22)18-9-13-8-15(13)12-4-2-1-3-5-12/h1-5,13-15H,6-11H2,(H,18,22)/t13-,15-/m0/s1. The first-order valence-electron chi connectivity index (χ1n) is 8.09. The van der Waals surface area contributed by atoms with Crippen LogP contribution in [0.25, 0.3) is 0 Å². The fraction of sp³-hybridized carbons (Fsp3) is 0.529. The van der Waals surface area contributed by atoms with Crippen molar-refractivity contribution in [1.29, 1.82) is 0 Å². The lowest BCUT2D eigenvalue weighted by Crippen LogP contribution is -2.40. The van der Waals surface area contributed by atoms with Gasteiger partial charge in [-0.25, -0.2) is 4.79 Å². The molecule has 0 unspecified atom stereocenters. The summed E-state index contributed by atoms with van der Waals surface area (Å²) < 4.78 is 0. The highest BCUT2D eigenvalue weighted by Crippen LogP contribution is 2.46. The first-order valence-corrected chi connectivity index (χ1v) is 8.09. The molecule has 3 aliphatic rings. The number of benzene rings is 1. The summed E-state index contributed by atoms with van der Waals surface area (Å²) in [6.07, 6.45) is 3.31. The Balaban J connectivity index is 1.25. The Labute approximate surface area is 130 Å². The van der Waals surface area contributed by atoms with E-state index in [2.05, 4.69) is 29.6 Å². The van der Waals surface area contributed by atoms with Gasteiger partial charge < -0.3 is 10.2 Å². The van der Waals surface area contributed by atoms with Crippen LogP contribution in [0, 0.1) is 5.92 Å². The summed E-state index contributed by atoms with van der Waals surface area (Å²) in [5.74, 6) is 1.19. The molecule has 0 radical (unpaired) electrons. The second-order valence-electron chi connectivity index (χ2n) is 6.63. The number of rotatable bonds is 4. The van der Waals surface area contributed by atoms with Crippen molar-refractivity contribution in [2.45, 2.75) is 31.2 Å². The van der Waals surface area contributed by atoms with Crippen LogP contribution in [-0.2, 0) is 4.79 Å². The largest absolute Gasteiger partial charge is 0.338 e. The van der Waals surface area contributed by atoms with Gasteiger partial charge in [-0.15, -0.1) is 0 Å². The monoisotopic (exact) mass is 299 g/mol. The van der Waals surface area contributed by atoms with Crippen LogP contribution in [0.15, 0.2) is 30.3 Å². The Kier molecular flexibility index (Phi) is 3.28. The van der Waals surface area contributed by atoms with Crippen LogP contribution < -0.4 is 5.32 Å². The predicted octanol–water partition coefficient (Wildman–Crippen LogP) is 1.76. The van der Waals surface area contributed by atoms with E-state index in [4.69, 9.17) is 0 Å². The van der Waals surface area contributed by atoms with Crippen molar-refractivity contribution in [3.8, 4) is 0 Å². The van der Waals surface area contributed by atoms with Crippen LogP contribution >= 0.6 is 0 Å². The minimum atomic E-state index is -0.102. The number of carbonyl (C=O) groups is 2. The molecule has 1 N–H and O–H groups in total. The van der Waals surface area contributed by atoms with Crippen LogP contribution in [0.3, 0.4) is 0 Å². The Morgan fingerprint density at radius 3 is 2.73 bits per heavy atom. The molecule has 5 heteroatoms. The second kappa shape index (κ2) is 5.30. The summed E-state index contributed by atoms with van der Waals surface area (Å²) >= 11 is 0. The van der Waals surface area contributed by atoms with Crippen molar-refractivity contribution in [3.05, 3.63) is 35.9 Å². The maximum Gasteiger partial charge on any atom is 0.319 e. The predicted molar refractivity (Wildman–Crippen MR) is 82.1 cm³/mol. The molecule has 2 atom stereocenters. The molecule has 0 bridgehead atoms. The third-order valence-corrected chi connectivity index (χ3v) is 4.91. The quantitative estimate of drug-likeness (QED) is 0.921. The molecule has 5 nitrogen and oxygen atoms in total. The van der Waals surface area contributed by atoms with E-state index < -0.39 is 0 Å². The molecular formula is C17H21N3O2. The SMILES string of the molecule is O=C(NC[C@@H]1C[C@H]1c1ccccc1)N1CC(=O)N(C2CC2)C1. The van der Waals surface area contributed by atoms with Crippen LogP contribution in [0.4, 0.5) is 4.79 Å². The van der Waals surface area contributed by atoms with Crippen molar-refractivity contribution in [2.24, 2.45) is 5.92 Å². The number of amides is 3. The number of hydrogen-bond acceptors (Lipinski definition) is 2. The fourth-order valence-electron chi connectivity index (χ4n) is 3.32. The third kappa shape index (κ3) is 2.67. The zero-order chi connectivity index (χ0) is 15.1. The van der Waals surface area contributed by atoms with Gasteiger partial charge in [0.1, 0.15) is 6.54 Å². The van der Waals surface area contributed by atoms with Crippen molar-refractivity contribution < 1.29 is 9.59 Å². The van der Waals surface area contributed by atoms with Gasteiger partial charge in [-0.05, 0) is 36.7 Å². The van der Waals surface area contributed by atoms with Crippen LogP contribution in [0.1, 0.15) is 30.7 Å². The lowest BCUT2D eigenvalue weighted by Gasteiger charge is -2.18. The van der Waals surface area contributed by atoms with E-state index in [-0.39, 0.29) is 18.5 Å². The molecule has 1 aromatic rings. The molecule has 1 heterocycles. The van der Waals surface area contributed by atoms with E-state index >= 15 is 0 Å². The van der Waals surface area contributed by atoms with Crippen molar-refractivity contribution in [3.63, 3.8) is 0 Å². The Hall–Kier alpha value is -2.04. The topological polar surface area (TPSA) is 52.7 Å². The van der Waals surface area contributed by atoms with Gasteiger partial charge in [-0.3, -0.25) is 9.69 Å². The zero-order valence-corrected chi connectivity index (χ0v) is 12.6. The molecule has 3 amide bonds. The molecule has 22 heavy (non-hydrogen) atoms. The molecule has 116 valence electrons. The minimum Gasteiger partial charge on any atom is -0.338 e. The van der Waals surface area contributed by atoms with Gasteiger partial charge in [0.2, 0.25) is 5.91 Å². The molecule has 0 aromatic heterocycles. The number of carbonyl (C=O) groups excluding carboxylic acids is 2.